The van der Waals surface area contributed by atoms with Crippen molar-refractivity contribution in [3.8, 4) is 11.5 Å². The summed E-state index contributed by atoms with van der Waals surface area (Å²) < 4.78 is 11.0. The maximum atomic E-state index is 12.3. The standard InChI is InChI=1S/C17H21NO5S/c19-16(18-7-2-1-3-13(18)17(20)21)6-10-24-12-4-5-14-15(11-12)23-9-8-22-14/h4-5,11,13H,1-3,6-10H2,(H,20,21). The van der Waals surface area contributed by atoms with Crippen molar-refractivity contribution in [2.75, 3.05) is 25.5 Å². The Morgan fingerprint density at radius 1 is 1.21 bits per heavy atom. The minimum absolute atomic E-state index is 0.0767. The van der Waals surface area contributed by atoms with Crippen molar-refractivity contribution in [2.24, 2.45) is 0 Å². The Balaban J connectivity index is 1.52. The zero-order chi connectivity index (χ0) is 16.9. The second-order valence-corrected chi connectivity index (χ2v) is 7.01. The van der Waals surface area contributed by atoms with E-state index in [1.165, 1.54) is 4.90 Å². The van der Waals surface area contributed by atoms with Gasteiger partial charge in [0, 0.05) is 23.6 Å². The van der Waals surface area contributed by atoms with Gasteiger partial charge in [-0.3, -0.25) is 4.79 Å². The van der Waals surface area contributed by atoms with Crippen LogP contribution in [0.4, 0.5) is 0 Å². The molecule has 1 N–H and O–H groups in total. The molecular formula is C17H21NO5S. The third kappa shape index (κ3) is 3.95. The lowest BCUT2D eigenvalue weighted by molar-refractivity contribution is -0.151. The molecule has 0 spiro atoms. The summed E-state index contributed by atoms with van der Waals surface area (Å²) in [5.41, 5.74) is 0. The molecule has 1 atom stereocenters. The lowest BCUT2D eigenvalue weighted by Gasteiger charge is -2.33. The fraction of sp³-hybridized carbons (Fsp3) is 0.529. The number of fused-ring (bicyclic) bond motifs is 1. The Labute approximate surface area is 145 Å². The number of thioether (sulfide) groups is 1. The number of aliphatic carboxylic acids is 1. The third-order valence-electron chi connectivity index (χ3n) is 4.21. The van der Waals surface area contributed by atoms with E-state index in [-0.39, 0.29) is 5.91 Å². The zero-order valence-electron chi connectivity index (χ0n) is 13.4. The van der Waals surface area contributed by atoms with E-state index < -0.39 is 12.0 Å². The molecule has 1 saturated heterocycles. The van der Waals surface area contributed by atoms with Gasteiger partial charge in [0.15, 0.2) is 11.5 Å². The smallest absolute Gasteiger partial charge is 0.326 e. The molecule has 24 heavy (non-hydrogen) atoms. The first-order valence-corrected chi connectivity index (χ1v) is 9.18. The van der Waals surface area contributed by atoms with Crippen molar-refractivity contribution in [1.29, 1.82) is 0 Å². The second kappa shape index (κ2) is 7.79. The SMILES string of the molecule is O=C(O)C1CCCCN1C(=O)CCSc1ccc2c(c1)OCCO2. The number of nitrogens with zero attached hydrogens (tertiary/aromatic N) is 1. The van der Waals surface area contributed by atoms with Crippen molar-refractivity contribution >= 4 is 23.6 Å². The van der Waals surface area contributed by atoms with Crippen molar-refractivity contribution in [3.63, 3.8) is 0 Å². The van der Waals surface area contributed by atoms with Crippen LogP contribution in [0.5, 0.6) is 11.5 Å². The first-order chi connectivity index (χ1) is 11.6. The van der Waals surface area contributed by atoms with Gasteiger partial charge >= 0.3 is 5.97 Å². The van der Waals surface area contributed by atoms with E-state index in [2.05, 4.69) is 0 Å². The summed E-state index contributed by atoms with van der Waals surface area (Å²) >= 11 is 1.56. The Hall–Kier alpha value is -1.89. The molecule has 1 fully saturated rings. The maximum Gasteiger partial charge on any atom is 0.326 e. The molecule has 2 aliphatic rings. The summed E-state index contributed by atoms with van der Waals surface area (Å²) in [6.45, 7) is 1.66. The van der Waals surface area contributed by atoms with Gasteiger partial charge in [-0.15, -0.1) is 11.8 Å². The van der Waals surface area contributed by atoms with E-state index in [0.717, 1.165) is 29.2 Å². The number of amides is 1. The summed E-state index contributed by atoms with van der Waals surface area (Å²) in [6.07, 6.45) is 2.64. The Kier molecular flexibility index (Phi) is 5.50. The molecule has 1 unspecified atom stereocenters. The zero-order valence-corrected chi connectivity index (χ0v) is 14.2. The van der Waals surface area contributed by atoms with Crippen LogP contribution in [-0.4, -0.2) is 53.4 Å². The van der Waals surface area contributed by atoms with Crippen molar-refractivity contribution < 1.29 is 24.2 Å². The van der Waals surface area contributed by atoms with Gasteiger partial charge in [-0.1, -0.05) is 0 Å². The number of hydrogen-bond acceptors (Lipinski definition) is 5. The van der Waals surface area contributed by atoms with Crippen LogP contribution in [0.25, 0.3) is 0 Å². The van der Waals surface area contributed by atoms with Crippen molar-refractivity contribution in [1.82, 2.24) is 4.90 Å². The molecule has 6 nitrogen and oxygen atoms in total. The molecule has 0 bridgehead atoms. The average molecular weight is 351 g/mol. The first kappa shape index (κ1) is 17.0. The third-order valence-corrected chi connectivity index (χ3v) is 5.20. The van der Waals surface area contributed by atoms with Crippen LogP contribution >= 0.6 is 11.8 Å². The molecule has 1 amide bonds. The van der Waals surface area contributed by atoms with Crippen molar-refractivity contribution in [2.45, 2.75) is 36.6 Å². The molecule has 3 rings (SSSR count). The molecule has 0 aliphatic carbocycles. The number of carboxylic acid groups (broad SMARTS) is 1. The van der Waals surface area contributed by atoms with Gasteiger partial charge in [0.1, 0.15) is 19.3 Å². The molecule has 1 aromatic rings. The Morgan fingerprint density at radius 3 is 2.79 bits per heavy atom. The van der Waals surface area contributed by atoms with Crippen LogP contribution in [0, 0.1) is 0 Å². The number of likely N-dealkylation sites (tertiary alicyclic amines) is 1. The summed E-state index contributed by atoms with van der Waals surface area (Å²) in [5.74, 6) is 1.12. The summed E-state index contributed by atoms with van der Waals surface area (Å²) in [5, 5.41) is 9.25. The number of carbonyl (C=O) groups excluding carboxylic acids is 1. The van der Waals surface area contributed by atoms with Gasteiger partial charge in [0.2, 0.25) is 5.91 Å². The fourth-order valence-electron chi connectivity index (χ4n) is 3.00. The normalized spacial score (nSPS) is 19.8. The summed E-state index contributed by atoms with van der Waals surface area (Å²) in [7, 11) is 0. The largest absolute Gasteiger partial charge is 0.486 e. The topological polar surface area (TPSA) is 76.1 Å². The van der Waals surface area contributed by atoms with Crippen molar-refractivity contribution in [3.05, 3.63) is 18.2 Å². The molecule has 130 valence electrons. The molecule has 0 saturated carbocycles. The molecule has 0 radical (unpaired) electrons. The molecule has 7 heteroatoms. The van der Waals surface area contributed by atoms with Crippen LogP contribution < -0.4 is 9.47 Å². The molecule has 2 aliphatic heterocycles. The van der Waals surface area contributed by atoms with Crippen LogP contribution in [0.1, 0.15) is 25.7 Å². The highest BCUT2D eigenvalue weighted by Crippen LogP contribution is 2.34. The van der Waals surface area contributed by atoms with E-state index in [0.29, 0.717) is 38.4 Å². The number of benzene rings is 1. The van der Waals surface area contributed by atoms with Crippen LogP contribution in [0.2, 0.25) is 0 Å². The average Bonchev–Trinajstić information content (AvgIpc) is 2.61. The van der Waals surface area contributed by atoms with Gasteiger partial charge in [-0.05, 0) is 37.5 Å². The van der Waals surface area contributed by atoms with Crippen LogP contribution in [-0.2, 0) is 9.59 Å². The highest BCUT2D eigenvalue weighted by Gasteiger charge is 2.31. The quantitative estimate of drug-likeness (QED) is 0.821. The number of hydrogen-bond donors (Lipinski definition) is 1. The molecule has 0 aromatic heterocycles. The fourth-order valence-corrected chi connectivity index (χ4v) is 3.87. The number of rotatable bonds is 5. The van der Waals surface area contributed by atoms with E-state index in [1.54, 1.807) is 11.8 Å². The van der Waals surface area contributed by atoms with Gasteiger partial charge in [0.25, 0.3) is 0 Å². The predicted molar refractivity (Wildman–Crippen MR) is 89.8 cm³/mol. The van der Waals surface area contributed by atoms with Gasteiger partial charge in [-0.2, -0.15) is 0 Å². The van der Waals surface area contributed by atoms with E-state index >= 15 is 0 Å². The minimum Gasteiger partial charge on any atom is -0.486 e. The van der Waals surface area contributed by atoms with E-state index in [1.807, 2.05) is 18.2 Å². The van der Waals surface area contributed by atoms with E-state index in [4.69, 9.17) is 9.47 Å². The maximum absolute atomic E-state index is 12.3. The number of piperidine rings is 1. The molecular weight excluding hydrogens is 330 g/mol. The van der Waals surface area contributed by atoms with E-state index in [9.17, 15) is 14.7 Å². The summed E-state index contributed by atoms with van der Waals surface area (Å²) in [6, 6.07) is 5.09. The number of ether oxygens (including phenoxy) is 2. The Bertz CT molecular complexity index is 621. The van der Waals surface area contributed by atoms with Gasteiger partial charge in [0.05, 0.1) is 0 Å². The molecule has 1 aromatic carbocycles. The highest BCUT2D eigenvalue weighted by molar-refractivity contribution is 7.99. The lowest BCUT2D eigenvalue weighted by atomic mass is 10.0. The predicted octanol–water partition coefficient (Wildman–Crippen LogP) is 2.41. The minimum atomic E-state index is -0.900. The first-order valence-electron chi connectivity index (χ1n) is 8.20. The number of carboxylic acids is 1. The van der Waals surface area contributed by atoms with Crippen LogP contribution in [0.15, 0.2) is 23.1 Å². The number of carbonyl (C=O) groups is 2. The second-order valence-electron chi connectivity index (χ2n) is 5.84. The van der Waals surface area contributed by atoms with Gasteiger partial charge in [-0.25, -0.2) is 4.79 Å². The highest BCUT2D eigenvalue weighted by atomic mass is 32.2. The lowest BCUT2D eigenvalue weighted by Crippen LogP contribution is -2.48. The summed E-state index contributed by atoms with van der Waals surface area (Å²) in [4.78, 5) is 26.2. The van der Waals surface area contributed by atoms with Gasteiger partial charge < -0.3 is 19.5 Å². The Morgan fingerprint density at radius 2 is 2.00 bits per heavy atom. The molecule has 2 heterocycles. The van der Waals surface area contributed by atoms with Crippen LogP contribution in [0.3, 0.4) is 0 Å². The monoisotopic (exact) mass is 351 g/mol.